The monoisotopic (exact) mass is 324 g/mol. The molecule has 1 aromatic heterocycles. The fraction of sp³-hybridized carbons (Fsp3) is 0.267. The molecular weight excluding hydrogens is 310 g/mol. The summed E-state index contributed by atoms with van der Waals surface area (Å²) >= 11 is 1.57. The van der Waals surface area contributed by atoms with Crippen LogP contribution in [0.2, 0.25) is 0 Å². The van der Waals surface area contributed by atoms with Gasteiger partial charge in [0.15, 0.2) is 11.5 Å². The van der Waals surface area contributed by atoms with Gasteiger partial charge in [-0.15, -0.1) is 20.5 Å². The number of fused-ring (bicyclic) bond motifs is 1. The van der Waals surface area contributed by atoms with Gasteiger partial charge < -0.3 is 14.8 Å². The standard InChI is InChI=1S/C15H14F2N2O2S/c1-22-13-7-10(5-6-19-13)8-18-9-11-3-2-4-12-14(11)21-15(16,17)20-12/h2-7,18H,8-9H2,1H3. The highest BCUT2D eigenvalue weighted by Crippen LogP contribution is 2.43. The van der Waals surface area contributed by atoms with Crippen molar-refractivity contribution >= 4 is 11.8 Å². The molecule has 2 aromatic rings. The third-order valence-corrected chi connectivity index (χ3v) is 3.80. The number of hydrogen-bond acceptors (Lipinski definition) is 5. The normalized spacial score (nSPS) is 15.0. The number of thioether (sulfide) groups is 1. The van der Waals surface area contributed by atoms with E-state index in [9.17, 15) is 8.78 Å². The van der Waals surface area contributed by atoms with Crippen LogP contribution in [0.3, 0.4) is 0 Å². The minimum Gasteiger partial charge on any atom is -0.395 e. The molecule has 0 saturated heterocycles. The molecule has 1 aliphatic rings. The number of nitrogens with one attached hydrogen (secondary N) is 1. The molecular formula is C15H14F2N2O2S. The van der Waals surface area contributed by atoms with Crippen LogP contribution in [0.25, 0.3) is 0 Å². The highest BCUT2D eigenvalue weighted by atomic mass is 32.2. The highest BCUT2D eigenvalue weighted by Gasteiger charge is 2.44. The van der Waals surface area contributed by atoms with Gasteiger partial charge in [-0.2, -0.15) is 0 Å². The van der Waals surface area contributed by atoms with Gasteiger partial charge in [0.05, 0.1) is 5.03 Å². The third-order valence-electron chi connectivity index (χ3n) is 3.16. The molecule has 0 atom stereocenters. The Labute approximate surface area is 130 Å². The summed E-state index contributed by atoms with van der Waals surface area (Å²) in [4.78, 5) is 4.20. The van der Waals surface area contributed by atoms with Crippen molar-refractivity contribution in [2.45, 2.75) is 24.4 Å². The van der Waals surface area contributed by atoms with Crippen molar-refractivity contribution in [3.8, 4) is 11.5 Å². The second kappa shape index (κ2) is 6.10. The molecule has 1 aromatic carbocycles. The van der Waals surface area contributed by atoms with Crippen molar-refractivity contribution in [2.75, 3.05) is 6.26 Å². The Morgan fingerprint density at radius 3 is 2.91 bits per heavy atom. The minimum atomic E-state index is -3.59. The van der Waals surface area contributed by atoms with Crippen LogP contribution in [0.4, 0.5) is 8.78 Å². The second-order valence-electron chi connectivity index (χ2n) is 4.72. The van der Waals surface area contributed by atoms with Crippen molar-refractivity contribution in [2.24, 2.45) is 0 Å². The number of benzene rings is 1. The van der Waals surface area contributed by atoms with E-state index in [1.165, 1.54) is 6.07 Å². The molecule has 2 heterocycles. The topological polar surface area (TPSA) is 43.4 Å². The quantitative estimate of drug-likeness (QED) is 0.854. The first-order chi connectivity index (χ1) is 10.6. The molecule has 4 nitrogen and oxygen atoms in total. The van der Waals surface area contributed by atoms with Gasteiger partial charge >= 0.3 is 6.29 Å². The van der Waals surface area contributed by atoms with E-state index in [1.54, 1.807) is 30.1 Å². The van der Waals surface area contributed by atoms with Crippen LogP contribution in [-0.2, 0) is 13.1 Å². The Balaban J connectivity index is 1.65. The zero-order chi connectivity index (χ0) is 15.6. The van der Waals surface area contributed by atoms with Gasteiger partial charge in [0.25, 0.3) is 0 Å². The maximum atomic E-state index is 13.1. The Hall–Kier alpha value is -1.86. The number of nitrogens with zero attached hydrogens (tertiary/aromatic N) is 1. The van der Waals surface area contributed by atoms with Crippen molar-refractivity contribution in [1.82, 2.24) is 10.3 Å². The molecule has 0 aliphatic carbocycles. The molecule has 0 spiro atoms. The lowest BCUT2D eigenvalue weighted by atomic mass is 10.2. The fourth-order valence-corrected chi connectivity index (χ4v) is 2.61. The average Bonchev–Trinajstić information content (AvgIpc) is 2.82. The number of para-hydroxylation sites is 1. The predicted octanol–water partition coefficient (Wildman–Crippen LogP) is 3.41. The van der Waals surface area contributed by atoms with E-state index in [0.29, 0.717) is 18.7 Å². The summed E-state index contributed by atoms with van der Waals surface area (Å²) in [6.07, 6.45) is 0.127. The van der Waals surface area contributed by atoms with E-state index in [4.69, 9.17) is 0 Å². The van der Waals surface area contributed by atoms with Gasteiger partial charge in [0.1, 0.15) is 0 Å². The van der Waals surface area contributed by atoms with Gasteiger partial charge in [-0.05, 0) is 30.0 Å². The molecule has 7 heteroatoms. The Morgan fingerprint density at radius 2 is 2.09 bits per heavy atom. The second-order valence-corrected chi connectivity index (χ2v) is 5.55. The molecule has 1 aliphatic heterocycles. The fourth-order valence-electron chi connectivity index (χ4n) is 2.18. The number of hydrogen-bond donors (Lipinski definition) is 1. The van der Waals surface area contributed by atoms with Gasteiger partial charge in [0, 0.05) is 24.8 Å². The molecule has 0 amide bonds. The smallest absolute Gasteiger partial charge is 0.395 e. The Bertz CT molecular complexity index is 682. The van der Waals surface area contributed by atoms with Crippen LogP contribution in [0.1, 0.15) is 11.1 Å². The lowest BCUT2D eigenvalue weighted by molar-refractivity contribution is -0.286. The SMILES string of the molecule is CSc1cc(CNCc2cccc3c2OC(F)(F)O3)ccn1. The van der Waals surface area contributed by atoms with E-state index in [1.807, 2.05) is 18.4 Å². The number of pyridine rings is 1. The summed E-state index contributed by atoms with van der Waals surface area (Å²) in [5.74, 6) is 0.164. The van der Waals surface area contributed by atoms with Gasteiger partial charge in [-0.3, -0.25) is 0 Å². The molecule has 0 fully saturated rings. The van der Waals surface area contributed by atoms with Crippen LogP contribution in [0.5, 0.6) is 11.5 Å². The number of aromatic nitrogens is 1. The first-order valence-corrected chi connectivity index (χ1v) is 7.87. The zero-order valence-electron chi connectivity index (χ0n) is 11.8. The van der Waals surface area contributed by atoms with Gasteiger partial charge in [-0.1, -0.05) is 12.1 Å². The zero-order valence-corrected chi connectivity index (χ0v) is 12.6. The highest BCUT2D eigenvalue weighted by molar-refractivity contribution is 7.98. The van der Waals surface area contributed by atoms with Crippen LogP contribution >= 0.6 is 11.8 Å². The lowest BCUT2D eigenvalue weighted by Gasteiger charge is -2.09. The van der Waals surface area contributed by atoms with Crippen molar-refractivity contribution < 1.29 is 18.3 Å². The number of alkyl halides is 2. The first kappa shape index (κ1) is 15.1. The van der Waals surface area contributed by atoms with E-state index in [0.717, 1.165) is 10.6 Å². The lowest BCUT2D eigenvalue weighted by Crippen LogP contribution is -2.26. The largest absolute Gasteiger partial charge is 0.586 e. The number of halogens is 2. The molecule has 22 heavy (non-hydrogen) atoms. The number of rotatable bonds is 5. The van der Waals surface area contributed by atoms with Crippen molar-refractivity contribution in [3.63, 3.8) is 0 Å². The Morgan fingerprint density at radius 1 is 1.23 bits per heavy atom. The maximum absolute atomic E-state index is 13.1. The summed E-state index contributed by atoms with van der Waals surface area (Å²) in [6, 6.07) is 8.76. The molecule has 0 bridgehead atoms. The van der Waals surface area contributed by atoms with Crippen molar-refractivity contribution in [1.29, 1.82) is 0 Å². The van der Waals surface area contributed by atoms with E-state index in [2.05, 4.69) is 19.8 Å². The van der Waals surface area contributed by atoms with Gasteiger partial charge in [-0.25, -0.2) is 4.98 Å². The average molecular weight is 324 g/mol. The van der Waals surface area contributed by atoms with E-state index < -0.39 is 6.29 Å². The molecule has 0 radical (unpaired) electrons. The summed E-state index contributed by atoms with van der Waals surface area (Å²) in [5, 5.41) is 4.15. The first-order valence-electron chi connectivity index (χ1n) is 6.65. The van der Waals surface area contributed by atoms with E-state index >= 15 is 0 Å². The van der Waals surface area contributed by atoms with Gasteiger partial charge in [0.2, 0.25) is 0 Å². The predicted molar refractivity (Wildman–Crippen MR) is 79.2 cm³/mol. The molecule has 0 saturated carbocycles. The van der Waals surface area contributed by atoms with Crippen molar-refractivity contribution in [3.05, 3.63) is 47.7 Å². The van der Waals surface area contributed by atoms with Crippen LogP contribution < -0.4 is 14.8 Å². The third kappa shape index (κ3) is 3.31. The summed E-state index contributed by atoms with van der Waals surface area (Å²) < 4.78 is 35.2. The van der Waals surface area contributed by atoms with Crippen LogP contribution in [0, 0.1) is 0 Å². The summed E-state index contributed by atoms with van der Waals surface area (Å²) in [6.45, 7) is 1.01. The Kier molecular flexibility index (Phi) is 4.17. The number of ether oxygens (including phenoxy) is 2. The van der Waals surface area contributed by atoms with Crippen LogP contribution in [0.15, 0.2) is 41.6 Å². The summed E-state index contributed by atoms with van der Waals surface area (Å²) in [5.41, 5.74) is 1.71. The summed E-state index contributed by atoms with van der Waals surface area (Å²) in [7, 11) is 0. The molecule has 0 unspecified atom stereocenters. The molecule has 1 N–H and O–H groups in total. The minimum absolute atomic E-state index is 0.0675. The van der Waals surface area contributed by atoms with E-state index in [-0.39, 0.29) is 11.5 Å². The molecule has 3 rings (SSSR count). The molecule has 116 valence electrons. The maximum Gasteiger partial charge on any atom is 0.586 e. The van der Waals surface area contributed by atoms with Crippen LogP contribution in [-0.4, -0.2) is 17.5 Å².